The fourth-order valence-corrected chi connectivity index (χ4v) is 2.66. The molecule has 1 aromatic carbocycles. The third-order valence-corrected chi connectivity index (χ3v) is 3.39. The van der Waals surface area contributed by atoms with E-state index in [-0.39, 0.29) is 12.8 Å². The molecule has 2 rings (SSSR count). The normalized spacial score (nSPS) is 20.7. The van der Waals surface area contributed by atoms with Gasteiger partial charge in [-0.3, -0.25) is 0 Å². The molecule has 0 radical (unpaired) electrons. The first kappa shape index (κ1) is 12.3. The van der Waals surface area contributed by atoms with Gasteiger partial charge in [0.05, 0.1) is 7.11 Å². The molecule has 4 heteroatoms. The first-order chi connectivity index (χ1) is 8.01. The molecule has 0 amide bonds. The van der Waals surface area contributed by atoms with Gasteiger partial charge < -0.3 is 10.1 Å². The summed E-state index contributed by atoms with van der Waals surface area (Å²) in [6, 6.07) is 7.43. The van der Waals surface area contributed by atoms with Crippen molar-refractivity contribution in [2.24, 2.45) is 0 Å². The number of benzene rings is 1. The number of nitrogens with one attached hydrogen (secondary N) is 1. The maximum Gasteiger partial charge on any atom is 0.250 e. The van der Waals surface area contributed by atoms with Crippen LogP contribution in [-0.2, 0) is 5.41 Å². The summed E-state index contributed by atoms with van der Waals surface area (Å²) in [6.07, 6.45) is -0.179. The minimum atomic E-state index is -2.53. The lowest BCUT2D eigenvalue weighted by Gasteiger charge is -2.48. The van der Waals surface area contributed by atoms with E-state index in [1.54, 1.807) is 14.2 Å². The zero-order valence-electron chi connectivity index (χ0n) is 10.1. The first-order valence-electron chi connectivity index (χ1n) is 5.68. The average molecular weight is 241 g/mol. The summed E-state index contributed by atoms with van der Waals surface area (Å²) in [5.74, 6) is -1.81. The molecule has 1 fully saturated rings. The predicted molar refractivity (Wildman–Crippen MR) is 62.8 cm³/mol. The molecule has 1 aromatic rings. The number of alkyl halides is 2. The van der Waals surface area contributed by atoms with E-state index < -0.39 is 11.3 Å². The molecule has 0 bridgehead atoms. The van der Waals surface area contributed by atoms with Crippen LogP contribution in [0.25, 0.3) is 0 Å². The summed E-state index contributed by atoms with van der Waals surface area (Å²) in [4.78, 5) is 0. The van der Waals surface area contributed by atoms with E-state index in [0.29, 0.717) is 12.3 Å². The van der Waals surface area contributed by atoms with Gasteiger partial charge in [-0.1, -0.05) is 12.1 Å². The van der Waals surface area contributed by atoms with Crippen molar-refractivity contribution in [3.05, 3.63) is 29.8 Å². The number of likely N-dealkylation sites (N-methyl/N-ethyl adjacent to an activating group) is 1. The maximum absolute atomic E-state index is 13.2. The molecule has 0 unspecified atom stereocenters. The Bertz CT molecular complexity index is 398. The highest BCUT2D eigenvalue weighted by molar-refractivity contribution is 5.37. The van der Waals surface area contributed by atoms with Crippen LogP contribution in [0.2, 0.25) is 0 Å². The molecule has 0 aromatic heterocycles. The van der Waals surface area contributed by atoms with Crippen molar-refractivity contribution < 1.29 is 13.5 Å². The van der Waals surface area contributed by atoms with E-state index in [4.69, 9.17) is 4.74 Å². The molecule has 1 N–H and O–H groups in total. The smallest absolute Gasteiger partial charge is 0.250 e. The second-order valence-corrected chi connectivity index (χ2v) is 4.75. The van der Waals surface area contributed by atoms with Gasteiger partial charge in [0, 0.05) is 24.8 Å². The van der Waals surface area contributed by atoms with Gasteiger partial charge in [0.2, 0.25) is 5.92 Å². The molecule has 0 atom stereocenters. The lowest BCUT2D eigenvalue weighted by atomic mass is 9.62. The molecule has 1 aliphatic carbocycles. The van der Waals surface area contributed by atoms with Crippen LogP contribution in [0.15, 0.2) is 24.3 Å². The zero-order valence-corrected chi connectivity index (χ0v) is 10.1. The number of rotatable bonds is 4. The van der Waals surface area contributed by atoms with Crippen LogP contribution in [0.1, 0.15) is 18.4 Å². The predicted octanol–water partition coefficient (Wildman–Crippen LogP) is 2.58. The Balaban J connectivity index is 2.28. The van der Waals surface area contributed by atoms with E-state index in [1.807, 2.05) is 24.3 Å². The summed E-state index contributed by atoms with van der Waals surface area (Å²) < 4.78 is 31.5. The molecule has 94 valence electrons. The van der Waals surface area contributed by atoms with Gasteiger partial charge in [-0.2, -0.15) is 0 Å². The van der Waals surface area contributed by atoms with Crippen LogP contribution >= 0.6 is 0 Å². The van der Waals surface area contributed by atoms with Crippen LogP contribution in [0, 0.1) is 0 Å². The van der Waals surface area contributed by atoms with Crippen molar-refractivity contribution in [2.45, 2.75) is 24.2 Å². The highest BCUT2D eigenvalue weighted by atomic mass is 19.3. The van der Waals surface area contributed by atoms with Gasteiger partial charge in [0.15, 0.2) is 0 Å². The Kier molecular flexibility index (Phi) is 3.08. The van der Waals surface area contributed by atoms with Crippen molar-refractivity contribution in [3.63, 3.8) is 0 Å². The Labute approximate surface area is 100.0 Å². The molecular weight excluding hydrogens is 224 g/mol. The monoisotopic (exact) mass is 241 g/mol. The molecule has 0 spiro atoms. The number of methoxy groups -OCH3 is 1. The summed E-state index contributed by atoms with van der Waals surface area (Å²) >= 11 is 0. The fraction of sp³-hybridized carbons (Fsp3) is 0.538. The minimum absolute atomic E-state index is 0.0893. The largest absolute Gasteiger partial charge is 0.497 e. The van der Waals surface area contributed by atoms with E-state index in [2.05, 4.69) is 5.32 Å². The number of ether oxygens (including phenoxy) is 1. The average Bonchev–Trinajstić information content (AvgIpc) is 2.27. The second kappa shape index (κ2) is 4.26. The number of hydrogen-bond acceptors (Lipinski definition) is 2. The SMILES string of the molecule is CNCC1(c2cccc(OC)c2)CC(F)(F)C1. The Morgan fingerprint density at radius 1 is 1.35 bits per heavy atom. The standard InChI is InChI=1S/C13H17F2NO/c1-16-9-12(7-13(14,15)8-12)10-4-3-5-11(6-10)17-2/h3-6,16H,7-9H2,1-2H3. The van der Waals surface area contributed by atoms with Crippen molar-refractivity contribution in [3.8, 4) is 5.75 Å². The lowest BCUT2D eigenvalue weighted by molar-refractivity contribution is -0.125. The third-order valence-electron chi connectivity index (χ3n) is 3.39. The summed E-state index contributed by atoms with van der Waals surface area (Å²) in [5, 5.41) is 3.01. The van der Waals surface area contributed by atoms with E-state index in [1.165, 1.54) is 0 Å². The van der Waals surface area contributed by atoms with Crippen LogP contribution in [0.4, 0.5) is 8.78 Å². The first-order valence-corrected chi connectivity index (χ1v) is 5.68. The molecule has 0 heterocycles. The lowest BCUT2D eigenvalue weighted by Crippen LogP contribution is -2.54. The summed E-state index contributed by atoms with van der Waals surface area (Å²) in [5.41, 5.74) is 0.476. The van der Waals surface area contributed by atoms with Gasteiger partial charge in [0.1, 0.15) is 5.75 Å². The van der Waals surface area contributed by atoms with Crippen molar-refractivity contribution in [1.29, 1.82) is 0 Å². The van der Waals surface area contributed by atoms with Crippen molar-refractivity contribution >= 4 is 0 Å². The molecular formula is C13H17F2NO. The van der Waals surface area contributed by atoms with Crippen LogP contribution < -0.4 is 10.1 Å². The number of hydrogen-bond donors (Lipinski definition) is 1. The quantitative estimate of drug-likeness (QED) is 0.874. The highest BCUT2D eigenvalue weighted by Crippen LogP contribution is 2.53. The molecule has 17 heavy (non-hydrogen) atoms. The molecule has 0 saturated heterocycles. The molecule has 2 nitrogen and oxygen atoms in total. The van der Waals surface area contributed by atoms with Crippen LogP contribution in [0.5, 0.6) is 5.75 Å². The number of halogens is 2. The Hall–Kier alpha value is -1.16. The van der Waals surface area contributed by atoms with Crippen molar-refractivity contribution in [2.75, 3.05) is 20.7 Å². The highest BCUT2D eigenvalue weighted by Gasteiger charge is 2.56. The van der Waals surface area contributed by atoms with Crippen LogP contribution in [-0.4, -0.2) is 26.6 Å². The van der Waals surface area contributed by atoms with Gasteiger partial charge >= 0.3 is 0 Å². The minimum Gasteiger partial charge on any atom is -0.497 e. The summed E-state index contributed by atoms with van der Waals surface area (Å²) in [6.45, 7) is 0.565. The van der Waals surface area contributed by atoms with Gasteiger partial charge in [-0.05, 0) is 24.7 Å². The topological polar surface area (TPSA) is 21.3 Å². The van der Waals surface area contributed by atoms with E-state index >= 15 is 0 Å². The molecule has 1 aliphatic rings. The van der Waals surface area contributed by atoms with E-state index in [0.717, 1.165) is 5.56 Å². The molecule has 1 saturated carbocycles. The maximum atomic E-state index is 13.2. The van der Waals surface area contributed by atoms with Crippen LogP contribution in [0.3, 0.4) is 0 Å². The van der Waals surface area contributed by atoms with Gasteiger partial charge in [0.25, 0.3) is 0 Å². The zero-order chi connectivity index (χ0) is 12.5. The molecule has 0 aliphatic heterocycles. The van der Waals surface area contributed by atoms with E-state index in [9.17, 15) is 8.78 Å². The van der Waals surface area contributed by atoms with Gasteiger partial charge in [-0.25, -0.2) is 8.78 Å². The third kappa shape index (κ3) is 2.27. The van der Waals surface area contributed by atoms with Crippen molar-refractivity contribution in [1.82, 2.24) is 5.32 Å². The Morgan fingerprint density at radius 3 is 2.59 bits per heavy atom. The fourth-order valence-electron chi connectivity index (χ4n) is 2.66. The van der Waals surface area contributed by atoms with Gasteiger partial charge in [-0.15, -0.1) is 0 Å². The Morgan fingerprint density at radius 2 is 2.06 bits per heavy atom. The second-order valence-electron chi connectivity index (χ2n) is 4.75. The summed E-state index contributed by atoms with van der Waals surface area (Å²) in [7, 11) is 3.37.